The van der Waals surface area contributed by atoms with Crippen molar-refractivity contribution in [2.75, 3.05) is 5.32 Å². The Hall–Kier alpha value is -3.66. The summed E-state index contributed by atoms with van der Waals surface area (Å²) in [7, 11) is 0. The minimum atomic E-state index is -0.191. The highest BCUT2D eigenvalue weighted by molar-refractivity contribution is 6.02. The van der Waals surface area contributed by atoms with Gasteiger partial charge < -0.3 is 9.73 Å². The van der Waals surface area contributed by atoms with Crippen molar-refractivity contribution in [2.24, 2.45) is 0 Å². The number of nitrogens with zero attached hydrogens (tertiary/aromatic N) is 1. The lowest BCUT2D eigenvalue weighted by molar-refractivity contribution is -0.111. The van der Waals surface area contributed by atoms with Crippen molar-refractivity contribution < 1.29 is 9.21 Å². The number of carbonyl (C=O) groups excluding carboxylic acids is 1. The second-order valence-electron chi connectivity index (χ2n) is 6.30. The number of amides is 1. The lowest BCUT2D eigenvalue weighted by atomic mass is 10.2. The van der Waals surface area contributed by atoms with Crippen LogP contribution in [0.4, 0.5) is 5.69 Å². The van der Waals surface area contributed by atoms with E-state index in [1.54, 1.807) is 6.08 Å². The standard InChI is InChI=1S/C23H18N2O2/c1-16-10-12-20-21(14-16)27-23(25-20)18-8-5-9-19(15-18)24-22(26)13-11-17-6-3-2-4-7-17/h2-15H,1H3,(H,24,26)/b13-11+. The van der Waals surface area contributed by atoms with Crippen molar-refractivity contribution in [2.45, 2.75) is 6.92 Å². The normalized spacial score (nSPS) is 11.1. The molecule has 0 saturated heterocycles. The molecule has 4 rings (SSSR count). The van der Waals surface area contributed by atoms with E-state index in [1.165, 1.54) is 6.08 Å². The van der Waals surface area contributed by atoms with Crippen molar-refractivity contribution in [1.82, 2.24) is 4.98 Å². The van der Waals surface area contributed by atoms with Gasteiger partial charge in [0.2, 0.25) is 11.8 Å². The number of benzene rings is 3. The van der Waals surface area contributed by atoms with E-state index >= 15 is 0 Å². The van der Waals surface area contributed by atoms with Gasteiger partial charge in [0.1, 0.15) is 5.52 Å². The van der Waals surface area contributed by atoms with Crippen LogP contribution in [-0.4, -0.2) is 10.9 Å². The third kappa shape index (κ3) is 3.96. The average Bonchev–Trinajstić information content (AvgIpc) is 3.11. The molecule has 0 saturated carbocycles. The number of aryl methyl sites for hydroxylation is 1. The summed E-state index contributed by atoms with van der Waals surface area (Å²) in [5.41, 5.74) is 5.17. The second kappa shape index (κ2) is 7.30. The van der Waals surface area contributed by atoms with E-state index in [2.05, 4.69) is 10.3 Å². The highest BCUT2D eigenvalue weighted by Crippen LogP contribution is 2.26. The van der Waals surface area contributed by atoms with Gasteiger partial charge >= 0.3 is 0 Å². The van der Waals surface area contributed by atoms with Gasteiger partial charge in [-0.2, -0.15) is 0 Å². The summed E-state index contributed by atoms with van der Waals surface area (Å²) in [6.45, 7) is 2.01. The number of aromatic nitrogens is 1. The van der Waals surface area contributed by atoms with Crippen molar-refractivity contribution >= 4 is 28.8 Å². The first kappa shape index (κ1) is 16.8. The van der Waals surface area contributed by atoms with Gasteiger partial charge in [0.05, 0.1) is 0 Å². The largest absolute Gasteiger partial charge is 0.436 e. The number of hydrogen-bond donors (Lipinski definition) is 1. The maximum absolute atomic E-state index is 12.2. The third-order valence-electron chi connectivity index (χ3n) is 4.15. The fourth-order valence-corrected chi connectivity index (χ4v) is 2.81. The molecule has 27 heavy (non-hydrogen) atoms. The number of fused-ring (bicyclic) bond motifs is 1. The summed E-state index contributed by atoms with van der Waals surface area (Å²) in [4.78, 5) is 16.7. The molecule has 0 aliphatic heterocycles. The Balaban J connectivity index is 1.53. The van der Waals surface area contributed by atoms with Gasteiger partial charge in [-0.1, -0.05) is 42.5 Å². The van der Waals surface area contributed by atoms with Gasteiger partial charge in [0.25, 0.3) is 0 Å². The molecule has 4 heteroatoms. The number of rotatable bonds is 4. The molecule has 1 aromatic heterocycles. The lowest BCUT2D eigenvalue weighted by Gasteiger charge is -2.03. The molecule has 0 aliphatic carbocycles. The van der Waals surface area contributed by atoms with Gasteiger partial charge in [-0.25, -0.2) is 4.98 Å². The molecule has 1 N–H and O–H groups in total. The summed E-state index contributed by atoms with van der Waals surface area (Å²) in [6.07, 6.45) is 3.30. The van der Waals surface area contributed by atoms with Gasteiger partial charge in [-0.15, -0.1) is 0 Å². The first-order valence-corrected chi connectivity index (χ1v) is 8.69. The number of hydrogen-bond acceptors (Lipinski definition) is 3. The molecule has 0 aliphatic rings. The predicted molar refractivity (Wildman–Crippen MR) is 108 cm³/mol. The number of nitrogens with one attached hydrogen (secondary N) is 1. The number of carbonyl (C=O) groups is 1. The number of oxazole rings is 1. The third-order valence-corrected chi connectivity index (χ3v) is 4.15. The molecule has 1 heterocycles. The first-order valence-electron chi connectivity index (χ1n) is 8.69. The number of anilines is 1. The van der Waals surface area contributed by atoms with Crippen LogP contribution in [0.15, 0.2) is 83.3 Å². The predicted octanol–water partition coefficient (Wildman–Crippen LogP) is 5.46. The molecular formula is C23H18N2O2. The first-order chi connectivity index (χ1) is 13.2. The molecule has 4 aromatic rings. The van der Waals surface area contributed by atoms with Gasteiger partial charge in [-0.3, -0.25) is 4.79 Å². The van der Waals surface area contributed by atoms with Crippen LogP contribution in [0.3, 0.4) is 0 Å². The fourth-order valence-electron chi connectivity index (χ4n) is 2.81. The topological polar surface area (TPSA) is 55.1 Å². The quantitative estimate of drug-likeness (QED) is 0.495. The van der Waals surface area contributed by atoms with Gasteiger partial charge in [0, 0.05) is 17.3 Å². The Morgan fingerprint density at radius 2 is 1.85 bits per heavy atom. The molecule has 4 nitrogen and oxygen atoms in total. The van der Waals surface area contributed by atoms with Crippen molar-refractivity contribution in [1.29, 1.82) is 0 Å². The summed E-state index contributed by atoms with van der Waals surface area (Å²) in [5, 5.41) is 2.87. The molecule has 132 valence electrons. The highest BCUT2D eigenvalue weighted by Gasteiger charge is 2.09. The average molecular weight is 354 g/mol. The van der Waals surface area contributed by atoms with E-state index in [4.69, 9.17) is 4.42 Å². The SMILES string of the molecule is Cc1ccc2nc(-c3cccc(NC(=O)/C=C/c4ccccc4)c3)oc2c1. The van der Waals surface area contributed by atoms with Crippen LogP contribution >= 0.6 is 0 Å². The van der Waals surface area contributed by atoms with E-state index in [9.17, 15) is 4.79 Å². The minimum Gasteiger partial charge on any atom is -0.436 e. The molecular weight excluding hydrogens is 336 g/mol. The second-order valence-corrected chi connectivity index (χ2v) is 6.30. The highest BCUT2D eigenvalue weighted by atomic mass is 16.3. The summed E-state index contributed by atoms with van der Waals surface area (Å²) in [5.74, 6) is 0.343. The fraction of sp³-hybridized carbons (Fsp3) is 0.0435. The Morgan fingerprint density at radius 3 is 2.70 bits per heavy atom. The van der Waals surface area contributed by atoms with E-state index in [0.717, 1.165) is 27.8 Å². The smallest absolute Gasteiger partial charge is 0.248 e. The molecule has 0 fully saturated rings. The Labute approximate surface area is 157 Å². The van der Waals surface area contributed by atoms with Crippen molar-refractivity contribution in [3.05, 3.63) is 90.0 Å². The Morgan fingerprint density at radius 1 is 1.00 bits per heavy atom. The summed E-state index contributed by atoms with van der Waals surface area (Å²) < 4.78 is 5.86. The van der Waals surface area contributed by atoms with Crippen molar-refractivity contribution in [3.8, 4) is 11.5 Å². The molecule has 1 amide bonds. The van der Waals surface area contributed by atoms with Crippen LogP contribution in [0, 0.1) is 6.92 Å². The van der Waals surface area contributed by atoms with Crippen LogP contribution in [0.5, 0.6) is 0 Å². The zero-order valence-electron chi connectivity index (χ0n) is 14.8. The minimum absolute atomic E-state index is 0.191. The lowest BCUT2D eigenvalue weighted by Crippen LogP contribution is -2.07. The van der Waals surface area contributed by atoms with Crippen LogP contribution in [0.25, 0.3) is 28.6 Å². The summed E-state index contributed by atoms with van der Waals surface area (Å²) in [6, 6.07) is 23.1. The molecule has 0 unspecified atom stereocenters. The van der Waals surface area contributed by atoms with Crippen LogP contribution in [0.2, 0.25) is 0 Å². The molecule has 0 atom stereocenters. The zero-order valence-corrected chi connectivity index (χ0v) is 14.8. The van der Waals surface area contributed by atoms with Gasteiger partial charge in [-0.05, 0) is 54.5 Å². The molecule has 0 radical (unpaired) electrons. The van der Waals surface area contributed by atoms with Crippen molar-refractivity contribution in [3.63, 3.8) is 0 Å². The zero-order chi connectivity index (χ0) is 18.6. The van der Waals surface area contributed by atoms with E-state index in [-0.39, 0.29) is 5.91 Å². The van der Waals surface area contributed by atoms with Gasteiger partial charge in [0.15, 0.2) is 5.58 Å². The van der Waals surface area contributed by atoms with Crippen LogP contribution < -0.4 is 5.32 Å². The van der Waals surface area contributed by atoms with Crippen LogP contribution in [0.1, 0.15) is 11.1 Å². The monoisotopic (exact) mass is 354 g/mol. The molecule has 3 aromatic carbocycles. The maximum atomic E-state index is 12.2. The molecule has 0 bridgehead atoms. The molecule has 0 spiro atoms. The van der Waals surface area contributed by atoms with Crippen LogP contribution in [-0.2, 0) is 4.79 Å². The van der Waals surface area contributed by atoms with E-state index < -0.39 is 0 Å². The van der Waals surface area contributed by atoms with E-state index in [0.29, 0.717) is 11.6 Å². The maximum Gasteiger partial charge on any atom is 0.248 e. The Bertz CT molecular complexity index is 1130. The van der Waals surface area contributed by atoms with E-state index in [1.807, 2.05) is 79.7 Å². The Kier molecular flexibility index (Phi) is 4.54. The summed E-state index contributed by atoms with van der Waals surface area (Å²) >= 11 is 0.